The van der Waals surface area contributed by atoms with E-state index in [-0.39, 0.29) is 16.9 Å². The van der Waals surface area contributed by atoms with E-state index < -0.39 is 0 Å². The highest BCUT2D eigenvalue weighted by Gasteiger charge is 2.23. The van der Waals surface area contributed by atoms with Gasteiger partial charge in [0.2, 0.25) is 0 Å². The second-order valence-corrected chi connectivity index (χ2v) is 14.5. The monoisotopic (exact) mass is 769 g/mol. The number of nitrogens with zero attached hydrogens (tertiary/aromatic N) is 7. The minimum absolute atomic E-state index is 0.195. The number of aromatic amines is 2. The van der Waals surface area contributed by atoms with Gasteiger partial charge in [-0.2, -0.15) is 10.2 Å². The second kappa shape index (κ2) is 15.1. The van der Waals surface area contributed by atoms with Crippen molar-refractivity contribution in [2.24, 2.45) is 9.98 Å². The number of aliphatic imine (C=N–C) groups is 2. The standard InChI is InChI=1S/C21H18FN5O.C20H19ClN6O/c22-15-6-4-13(5-7-15)14-8-10-27(11-9-14)12-18-23-17-3-1-2-16-19(17)20(24-18)25-26-21(16)28;21-13-4-6-14(7-5-13)27-10-8-26(9-11-27)12-17-22-16-3-1-2-15-18(16)19(23-17)24-25-20(15)28/h1-8H,9-12H2,(H,26,28)(H,23,24,25);1-7H,8-12H2,(H,25,28)(H,22,23,24). The van der Waals surface area contributed by atoms with Gasteiger partial charge in [0.1, 0.15) is 17.5 Å². The molecule has 0 amide bonds. The Morgan fingerprint density at radius 3 is 1.79 bits per heavy atom. The molecule has 56 heavy (non-hydrogen) atoms. The largest absolute Gasteiger partial charge is 0.369 e. The number of halogens is 2. The first-order valence-corrected chi connectivity index (χ1v) is 18.8. The molecule has 4 aliphatic rings. The number of piperazine rings is 1. The maximum atomic E-state index is 13.1. The van der Waals surface area contributed by atoms with Gasteiger partial charge in [-0.05, 0) is 78.2 Å². The van der Waals surface area contributed by atoms with E-state index in [0.717, 1.165) is 90.1 Å². The fraction of sp³-hybridized carbons (Fsp3) is 0.220. The number of aromatic nitrogens is 4. The van der Waals surface area contributed by atoms with Crippen LogP contribution in [0.15, 0.2) is 111 Å². The van der Waals surface area contributed by atoms with Crippen LogP contribution in [0.1, 0.15) is 12.0 Å². The average Bonchev–Trinajstić information content (AvgIpc) is 3.22. The van der Waals surface area contributed by atoms with Crippen LogP contribution in [0.4, 0.5) is 33.1 Å². The Morgan fingerprint density at radius 2 is 1.23 bits per heavy atom. The summed E-state index contributed by atoms with van der Waals surface area (Å²) >= 11 is 5.98. The van der Waals surface area contributed by atoms with E-state index in [4.69, 9.17) is 11.6 Å². The van der Waals surface area contributed by atoms with E-state index in [0.29, 0.717) is 35.5 Å². The van der Waals surface area contributed by atoms with Gasteiger partial charge >= 0.3 is 0 Å². The highest BCUT2D eigenvalue weighted by Crippen LogP contribution is 2.33. The van der Waals surface area contributed by atoms with Crippen molar-refractivity contribution >= 4 is 79.1 Å². The molecular weight excluding hydrogens is 733 g/mol. The molecular formula is C41H37ClFN11O2. The molecule has 13 nitrogen and oxygen atoms in total. The zero-order valence-electron chi connectivity index (χ0n) is 30.2. The summed E-state index contributed by atoms with van der Waals surface area (Å²) in [6.45, 7) is 6.84. The van der Waals surface area contributed by atoms with Gasteiger partial charge in [-0.3, -0.25) is 19.4 Å². The number of hydrogen-bond donors (Lipinski definition) is 4. The van der Waals surface area contributed by atoms with Crippen molar-refractivity contribution in [1.82, 2.24) is 30.2 Å². The number of amidine groups is 2. The van der Waals surface area contributed by atoms with E-state index in [2.05, 4.69) is 73.9 Å². The number of rotatable bonds is 6. The van der Waals surface area contributed by atoms with Crippen LogP contribution in [0.25, 0.3) is 27.1 Å². The molecule has 4 aromatic carbocycles. The molecule has 0 aliphatic carbocycles. The van der Waals surface area contributed by atoms with E-state index in [9.17, 15) is 14.0 Å². The van der Waals surface area contributed by atoms with Gasteiger partial charge in [-0.1, -0.05) is 41.9 Å². The normalized spacial score (nSPS) is 16.6. The fourth-order valence-electron chi connectivity index (χ4n) is 7.57. The van der Waals surface area contributed by atoms with Crippen molar-refractivity contribution < 1.29 is 4.39 Å². The molecule has 0 spiro atoms. The molecule has 15 heteroatoms. The average molecular weight is 770 g/mol. The van der Waals surface area contributed by atoms with Crippen molar-refractivity contribution in [3.05, 3.63) is 128 Å². The summed E-state index contributed by atoms with van der Waals surface area (Å²) in [5.41, 5.74) is 4.85. The topological polar surface area (TPSA) is 150 Å². The summed E-state index contributed by atoms with van der Waals surface area (Å²) in [5, 5.41) is 23.5. The lowest BCUT2D eigenvalue weighted by Crippen LogP contribution is -2.48. The van der Waals surface area contributed by atoms with E-state index in [1.807, 2.05) is 48.5 Å². The molecule has 1 saturated heterocycles. The third-order valence-corrected chi connectivity index (χ3v) is 10.7. The number of hydrogen-bond acceptors (Lipinski definition) is 11. The van der Waals surface area contributed by atoms with Gasteiger partial charge in [0.25, 0.3) is 11.1 Å². The van der Waals surface area contributed by atoms with Crippen LogP contribution in [0.5, 0.6) is 0 Å². The van der Waals surface area contributed by atoms with Gasteiger partial charge < -0.3 is 15.5 Å². The van der Waals surface area contributed by atoms with Gasteiger partial charge in [-0.15, -0.1) is 0 Å². The van der Waals surface area contributed by atoms with Crippen molar-refractivity contribution in [2.45, 2.75) is 6.42 Å². The first-order valence-electron chi connectivity index (χ1n) is 18.5. The van der Waals surface area contributed by atoms with Crippen LogP contribution in [-0.4, -0.2) is 94.2 Å². The molecule has 0 saturated carbocycles. The number of nitrogens with one attached hydrogen (secondary N) is 4. The summed E-state index contributed by atoms with van der Waals surface area (Å²) < 4.78 is 13.1. The Morgan fingerprint density at radius 1 is 0.661 bits per heavy atom. The van der Waals surface area contributed by atoms with E-state index in [1.165, 1.54) is 23.4 Å². The molecule has 4 aliphatic heterocycles. The molecule has 0 unspecified atom stereocenters. The van der Waals surface area contributed by atoms with Crippen LogP contribution < -0.4 is 26.7 Å². The number of anilines is 3. The summed E-state index contributed by atoms with van der Waals surface area (Å²) in [6, 6.07) is 25.8. The lowest BCUT2D eigenvalue weighted by atomic mass is 9.99. The predicted octanol–water partition coefficient (Wildman–Crippen LogP) is 6.16. The van der Waals surface area contributed by atoms with Crippen LogP contribution >= 0.6 is 11.6 Å². The van der Waals surface area contributed by atoms with E-state index in [1.54, 1.807) is 12.1 Å². The van der Waals surface area contributed by atoms with Gasteiger partial charge in [0, 0.05) is 50.0 Å². The molecule has 282 valence electrons. The quantitative estimate of drug-likeness (QED) is 0.156. The Bertz CT molecular complexity index is 2670. The first kappa shape index (κ1) is 35.5. The Labute approximate surface area is 325 Å². The number of benzene rings is 4. The third kappa shape index (κ3) is 7.29. The molecule has 4 N–H and O–H groups in total. The minimum Gasteiger partial charge on any atom is -0.369 e. The lowest BCUT2D eigenvalue weighted by molar-refractivity contribution is 0.291. The van der Waals surface area contributed by atoms with Crippen molar-refractivity contribution in [2.75, 3.05) is 67.9 Å². The zero-order valence-corrected chi connectivity index (χ0v) is 31.0. The third-order valence-electron chi connectivity index (χ3n) is 10.5. The zero-order chi connectivity index (χ0) is 38.2. The van der Waals surface area contributed by atoms with Crippen molar-refractivity contribution in [3.8, 4) is 0 Å². The first-order chi connectivity index (χ1) is 27.3. The Kier molecular flexibility index (Phi) is 9.59. The predicted molar refractivity (Wildman–Crippen MR) is 222 cm³/mol. The summed E-state index contributed by atoms with van der Waals surface area (Å²) in [6.07, 6.45) is 3.08. The summed E-state index contributed by atoms with van der Waals surface area (Å²) in [4.78, 5) is 40.2. The van der Waals surface area contributed by atoms with Crippen LogP contribution in [0.3, 0.4) is 0 Å². The molecule has 0 radical (unpaired) electrons. The molecule has 0 atom stereocenters. The lowest BCUT2D eigenvalue weighted by Gasteiger charge is -2.36. The van der Waals surface area contributed by atoms with Gasteiger partial charge in [0.05, 0.1) is 46.0 Å². The SMILES string of the molecule is O=c1[nH]nc2c3c(cccc13)NC(CN1CC=C(c3ccc(F)cc3)CC1)=N2.O=c1[nH]nc2c3c(cccc13)NC(CN1CCN(c3ccc(Cl)cc3)CC1)=N2. The highest BCUT2D eigenvalue weighted by molar-refractivity contribution is 6.30. The van der Waals surface area contributed by atoms with Gasteiger partial charge in [0.15, 0.2) is 11.6 Å². The summed E-state index contributed by atoms with van der Waals surface area (Å²) in [5.74, 6) is 2.54. The fourth-order valence-corrected chi connectivity index (χ4v) is 7.69. The van der Waals surface area contributed by atoms with Gasteiger partial charge in [-0.25, -0.2) is 24.6 Å². The summed E-state index contributed by atoms with van der Waals surface area (Å²) in [7, 11) is 0. The minimum atomic E-state index is -0.214. The molecule has 0 bridgehead atoms. The van der Waals surface area contributed by atoms with Crippen LogP contribution in [0.2, 0.25) is 5.02 Å². The van der Waals surface area contributed by atoms with Crippen LogP contribution in [-0.2, 0) is 0 Å². The van der Waals surface area contributed by atoms with E-state index >= 15 is 0 Å². The Hall–Kier alpha value is -6.22. The maximum Gasteiger partial charge on any atom is 0.272 e. The molecule has 6 aromatic rings. The number of H-pyrrole nitrogens is 2. The smallest absolute Gasteiger partial charge is 0.272 e. The Balaban J connectivity index is 0.000000146. The second-order valence-electron chi connectivity index (χ2n) is 14.0. The van der Waals surface area contributed by atoms with Crippen molar-refractivity contribution in [3.63, 3.8) is 0 Å². The molecule has 6 heterocycles. The molecule has 1 fully saturated rings. The van der Waals surface area contributed by atoms with Crippen LogP contribution in [0, 0.1) is 5.82 Å². The highest BCUT2D eigenvalue weighted by atomic mass is 35.5. The van der Waals surface area contributed by atoms with Crippen molar-refractivity contribution in [1.29, 1.82) is 0 Å². The maximum absolute atomic E-state index is 13.1. The molecule has 10 rings (SSSR count). The molecule has 2 aromatic heterocycles.